The van der Waals surface area contributed by atoms with E-state index in [0.717, 1.165) is 22.3 Å². The first kappa shape index (κ1) is 42.7. The van der Waals surface area contributed by atoms with Gasteiger partial charge in [-0.3, -0.25) is 0 Å². The zero-order valence-electron chi connectivity index (χ0n) is 31.7. The molecule has 0 bridgehead atoms. The Labute approximate surface area is 327 Å². The number of hydrogen-bond donors (Lipinski definition) is 0. The van der Waals surface area contributed by atoms with Gasteiger partial charge in [-0.1, -0.05) is 70.8 Å². The molecule has 5 rings (SSSR count). The lowest BCUT2D eigenvalue weighted by Crippen LogP contribution is -2.43. The zero-order valence-corrected chi connectivity index (χ0v) is 35.0. The van der Waals surface area contributed by atoms with Crippen LogP contribution in [0.5, 0.6) is 0 Å². The van der Waals surface area contributed by atoms with Crippen LogP contribution in [0.4, 0.5) is 0 Å². The predicted octanol–water partition coefficient (Wildman–Crippen LogP) is 5.17. The van der Waals surface area contributed by atoms with Crippen LogP contribution in [0.15, 0.2) is 117 Å². The first-order valence-electron chi connectivity index (χ1n) is 18.2. The molecule has 0 N–H and O–H groups in total. The standard InChI is InChI=1S/C39H50N4O8S4/c1-32-8-16-36(17-9-32)52(44,45)40-24-5-25-41(53(46,47)37-18-10-33(2)11-19-37)27-7-29-43(55(50,51)39-22-14-35(4)15-23-39)31-30-42(28-6-26-40)54(48,49)38-20-12-34(3)13-21-38/h8-23H,5-7,24-31H2,1-4H3. The second kappa shape index (κ2) is 17.8. The van der Waals surface area contributed by atoms with Crippen molar-refractivity contribution >= 4 is 40.1 Å². The van der Waals surface area contributed by atoms with Gasteiger partial charge in [-0.15, -0.1) is 0 Å². The van der Waals surface area contributed by atoms with Crippen molar-refractivity contribution in [1.29, 1.82) is 0 Å². The Balaban J connectivity index is 1.55. The van der Waals surface area contributed by atoms with Crippen LogP contribution < -0.4 is 0 Å². The molecule has 0 saturated carbocycles. The van der Waals surface area contributed by atoms with Crippen LogP contribution in [-0.2, 0) is 40.1 Å². The molecule has 0 radical (unpaired) electrons. The Bertz CT molecular complexity index is 2180. The van der Waals surface area contributed by atoms with Crippen LogP contribution in [0.2, 0.25) is 0 Å². The summed E-state index contributed by atoms with van der Waals surface area (Å²) in [6, 6.07) is 25.6. The van der Waals surface area contributed by atoms with E-state index in [1.54, 1.807) is 48.5 Å². The Kier molecular flexibility index (Phi) is 13.8. The Morgan fingerprint density at radius 1 is 0.291 bits per heavy atom. The molecule has 16 heteroatoms. The normalized spacial score (nSPS) is 17.7. The number of hydrogen-bond acceptors (Lipinski definition) is 8. The summed E-state index contributed by atoms with van der Waals surface area (Å²) >= 11 is 0. The van der Waals surface area contributed by atoms with Crippen LogP contribution in [0.1, 0.15) is 41.5 Å². The molecule has 1 aliphatic heterocycles. The monoisotopic (exact) mass is 830 g/mol. The fourth-order valence-electron chi connectivity index (χ4n) is 6.34. The molecule has 0 aliphatic carbocycles. The fourth-order valence-corrected chi connectivity index (χ4v) is 12.3. The summed E-state index contributed by atoms with van der Waals surface area (Å²) in [4.78, 5) is 0.206. The van der Waals surface area contributed by atoms with Crippen molar-refractivity contribution in [3.05, 3.63) is 119 Å². The van der Waals surface area contributed by atoms with Gasteiger partial charge < -0.3 is 0 Å². The number of benzene rings is 4. The lowest BCUT2D eigenvalue weighted by atomic mass is 10.2. The average Bonchev–Trinajstić information content (AvgIpc) is 3.14. The second-order valence-corrected chi connectivity index (χ2v) is 21.7. The van der Waals surface area contributed by atoms with Gasteiger partial charge in [0, 0.05) is 52.4 Å². The summed E-state index contributed by atoms with van der Waals surface area (Å²) in [6.45, 7) is 6.54. The molecule has 0 aromatic heterocycles. The van der Waals surface area contributed by atoms with Crippen LogP contribution in [0, 0.1) is 27.7 Å². The summed E-state index contributed by atoms with van der Waals surface area (Å²) in [5.74, 6) is 0. The highest BCUT2D eigenvalue weighted by molar-refractivity contribution is 7.90. The number of aryl methyl sites for hydroxylation is 4. The van der Waals surface area contributed by atoms with E-state index < -0.39 is 40.1 Å². The topological polar surface area (TPSA) is 150 Å². The van der Waals surface area contributed by atoms with Crippen LogP contribution in [-0.4, -0.2) is 103 Å². The van der Waals surface area contributed by atoms with E-state index in [4.69, 9.17) is 0 Å². The molecule has 0 atom stereocenters. The molecule has 0 unspecified atom stereocenters. The van der Waals surface area contributed by atoms with E-state index in [1.165, 1.54) is 65.8 Å². The summed E-state index contributed by atoms with van der Waals surface area (Å²) in [6.07, 6.45) is 0.311. The molecule has 0 spiro atoms. The molecular weight excluding hydrogens is 781 g/mol. The van der Waals surface area contributed by atoms with Crippen molar-refractivity contribution in [2.45, 2.75) is 66.5 Å². The predicted molar refractivity (Wildman–Crippen MR) is 214 cm³/mol. The SMILES string of the molecule is Cc1ccc(S(=O)(=O)N2CCCN(S(=O)(=O)c3ccc(C)cc3)CCCN(S(=O)(=O)c3ccc(C)cc3)CCN(S(=O)(=O)c3ccc(C)cc3)CCC2)cc1. The molecule has 12 nitrogen and oxygen atoms in total. The quantitative estimate of drug-likeness (QED) is 0.236. The summed E-state index contributed by atoms with van der Waals surface area (Å²) in [5, 5.41) is 0. The summed E-state index contributed by atoms with van der Waals surface area (Å²) in [5.41, 5.74) is 3.48. The highest BCUT2D eigenvalue weighted by Gasteiger charge is 2.32. The third-order valence-electron chi connectivity index (χ3n) is 9.68. The summed E-state index contributed by atoms with van der Waals surface area (Å²) < 4.78 is 118. The number of sulfonamides is 4. The first-order chi connectivity index (χ1) is 25.9. The van der Waals surface area contributed by atoms with Gasteiger partial charge >= 0.3 is 0 Å². The van der Waals surface area contributed by atoms with Crippen LogP contribution >= 0.6 is 0 Å². The molecule has 1 aliphatic rings. The van der Waals surface area contributed by atoms with Crippen LogP contribution in [0.25, 0.3) is 0 Å². The van der Waals surface area contributed by atoms with E-state index in [2.05, 4.69) is 0 Å². The van der Waals surface area contributed by atoms with E-state index in [0.29, 0.717) is 0 Å². The summed E-state index contributed by atoms with van der Waals surface area (Å²) in [7, 11) is -16.4. The highest BCUT2D eigenvalue weighted by Crippen LogP contribution is 2.24. The minimum atomic E-state index is -4.15. The Morgan fingerprint density at radius 2 is 0.455 bits per heavy atom. The third-order valence-corrected chi connectivity index (χ3v) is 17.3. The third kappa shape index (κ3) is 10.3. The Hall–Kier alpha value is -3.48. The van der Waals surface area contributed by atoms with E-state index in [9.17, 15) is 33.7 Å². The van der Waals surface area contributed by atoms with Crippen LogP contribution in [0.3, 0.4) is 0 Å². The highest BCUT2D eigenvalue weighted by atomic mass is 32.2. The van der Waals surface area contributed by atoms with Crippen molar-refractivity contribution in [2.75, 3.05) is 52.4 Å². The van der Waals surface area contributed by atoms with Crippen molar-refractivity contribution in [3.8, 4) is 0 Å². The van der Waals surface area contributed by atoms with Gasteiger partial charge in [-0.2, -0.15) is 17.2 Å². The minimum absolute atomic E-state index is 0.0324. The van der Waals surface area contributed by atoms with Crippen molar-refractivity contribution < 1.29 is 33.7 Å². The maximum atomic E-state index is 14.2. The largest absolute Gasteiger partial charge is 0.243 e. The Morgan fingerprint density at radius 3 is 0.636 bits per heavy atom. The zero-order chi connectivity index (χ0) is 40.0. The van der Waals surface area contributed by atoms with E-state index in [-0.39, 0.29) is 91.2 Å². The van der Waals surface area contributed by atoms with Gasteiger partial charge in [-0.05, 0) is 95.5 Å². The second-order valence-electron chi connectivity index (χ2n) is 13.9. The average molecular weight is 831 g/mol. The van der Waals surface area contributed by atoms with Crippen molar-refractivity contribution in [2.24, 2.45) is 0 Å². The maximum absolute atomic E-state index is 14.2. The first-order valence-corrected chi connectivity index (χ1v) is 24.0. The molecule has 1 saturated heterocycles. The van der Waals surface area contributed by atoms with E-state index in [1.807, 2.05) is 27.7 Å². The van der Waals surface area contributed by atoms with Gasteiger partial charge in [0.15, 0.2) is 0 Å². The molecule has 4 aromatic rings. The molecule has 298 valence electrons. The van der Waals surface area contributed by atoms with Crippen molar-refractivity contribution in [1.82, 2.24) is 17.2 Å². The molecule has 4 aromatic carbocycles. The van der Waals surface area contributed by atoms with Gasteiger partial charge in [0.1, 0.15) is 0 Å². The molecule has 55 heavy (non-hydrogen) atoms. The van der Waals surface area contributed by atoms with Gasteiger partial charge in [0.25, 0.3) is 0 Å². The number of rotatable bonds is 8. The van der Waals surface area contributed by atoms with Gasteiger partial charge in [-0.25, -0.2) is 33.7 Å². The lowest BCUT2D eigenvalue weighted by molar-refractivity contribution is 0.325. The fraction of sp³-hybridized carbons (Fsp3) is 0.385. The smallest absolute Gasteiger partial charge is 0.207 e. The molecule has 0 amide bonds. The van der Waals surface area contributed by atoms with Gasteiger partial charge in [0.05, 0.1) is 19.6 Å². The number of nitrogens with zero attached hydrogens (tertiary/aromatic N) is 4. The lowest BCUT2D eigenvalue weighted by Gasteiger charge is -2.28. The molecule has 1 heterocycles. The molecule has 1 fully saturated rings. The minimum Gasteiger partial charge on any atom is -0.207 e. The van der Waals surface area contributed by atoms with Gasteiger partial charge in [0.2, 0.25) is 40.1 Å². The van der Waals surface area contributed by atoms with Crippen molar-refractivity contribution in [3.63, 3.8) is 0 Å². The van der Waals surface area contributed by atoms with E-state index >= 15 is 0 Å². The molecular formula is C39H50N4O8S4. The maximum Gasteiger partial charge on any atom is 0.243 e.